The lowest BCUT2D eigenvalue weighted by molar-refractivity contribution is 0.116. The summed E-state index contributed by atoms with van der Waals surface area (Å²) < 4.78 is 29.6. The van der Waals surface area contributed by atoms with Gasteiger partial charge in [-0.25, -0.2) is 8.78 Å². The molecule has 2 saturated carbocycles. The molecule has 0 N–H and O–H groups in total. The van der Waals surface area contributed by atoms with Crippen LogP contribution in [-0.2, 0) is 6.42 Å². The standard InChI is InChI=1S/C27H34F2/c1-3-5-6-7-25-26(28)17-23-16-22(12-13-24(23)27(25)29)21-11-10-19-14-18(4-2)8-9-20(19)15-21/h3,5,12-13,16-21H,4,6-11,14-15H2,1-2H3. The summed E-state index contributed by atoms with van der Waals surface area (Å²) in [7, 11) is 0. The summed E-state index contributed by atoms with van der Waals surface area (Å²) >= 11 is 0. The molecule has 0 saturated heterocycles. The van der Waals surface area contributed by atoms with Crippen molar-refractivity contribution in [2.24, 2.45) is 17.8 Å². The second kappa shape index (κ2) is 8.98. The van der Waals surface area contributed by atoms with E-state index < -0.39 is 5.82 Å². The summed E-state index contributed by atoms with van der Waals surface area (Å²) in [6, 6.07) is 7.59. The zero-order valence-electron chi connectivity index (χ0n) is 17.9. The van der Waals surface area contributed by atoms with Gasteiger partial charge in [0.1, 0.15) is 11.6 Å². The zero-order chi connectivity index (χ0) is 20.4. The molecule has 29 heavy (non-hydrogen) atoms. The fourth-order valence-electron chi connectivity index (χ4n) is 5.93. The Morgan fingerprint density at radius 1 is 1.00 bits per heavy atom. The Morgan fingerprint density at radius 3 is 2.59 bits per heavy atom. The van der Waals surface area contributed by atoms with Crippen molar-refractivity contribution in [2.45, 2.75) is 77.6 Å². The highest BCUT2D eigenvalue weighted by Gasteiger charge is 2.35. The van der Waals surface area contributed by atoms with E-state index in [9.17, 15) is 8.78 Å². The van der Waals surface area contributed by atoms with E-state index in [4.69, 9.17) is 0 Å². The first-order valence-corrected chi connectivity index (χ1v) is 11.6. The van der Waals surface area contributed by atoms with Crippen LogP contribution in [0.4, 0.5) is 8.78 Å². The first kappa shape index (κ1) is 20.6. The molecule has 4 unspecified atom stereocenters. The number of rotatable bonds is 5. The Hall–Kier alpha value is -1.70. The summed E-state index contributed by atoms with van der Waals surface area (Å²) in [4.78, 5) is 0. The molecular formula is C27H34F2. The molecule has 0 aliphatic heterocycles. The van der Waals surface area contributed by atoms with Crippen LogP contribution in [0.25, 0.3) is 10.8 Å². The van der Waals surface area contributed by atoms with Gasteiger partial charge in [0.25, 0.3) is 0 Å². The summed E-state index contributed by atoms with van der Waals surface area (Å²) in [5.41, 5.74) is 1.49. The van der Waals surface area contributed by atoms with Gasteiger partial charge in [-0.05, 0) is 92.6 Å². The van der Waals surface area contributed by atoms with Gasteiger partial charge in [0.05, 0.1) is 0 Å². The normalized spacial score (nSPS) is 27.4. The number of allylic oxidation sites excluding steroid dienone is 2. The zero-order valence-corrected chi connectivity index (χ0v) is 17.9. The van der Waals surface area contributed by atoms with Crippen molar-refractivity contribution in [1.82, 2.24) is 0 Å². The van der Waals surface area contributed by atoms with Crippen LogP contribution in [0, 0.1) is 29.4 Å². The Labute approximate surface area is 174 Å². The summed E-state index contributed by atoms with van der Waals surface area (Å²) in [6.45, 7) is 4.26. The lowest BCUT2D eigenvalue weighted by Gasteiger charge is -2.42. The van der Waals surface area contributed by atoms with E-state index in [0.29, 0.717) is 29.5 Å². The maximum absolute atomic E-state index is 15.0. The van der Waals surface area contributed by atoms with Gasteiger partial charge >= 0.3 is 0 Å². The average Bonchev–Trinajstić information content (AvgIpc) is 2.75. The van der Waals surface area contributed by atoms with Crippen LogP contribution in [0.15, 0.2) is 36.4 Å². The molecule has 0 nitrogen and oxygen atoms in total. The Morgan fingerprint density at radius 2 is 1.79 bits per heavy atom. The molecule has 0 bridgehead atoms. The van der Waals surface area contributed by atoms with E-state index in [-0.39, 0.29) is 11.4 Å². The smallest absolute Gasteiger partial charge is 0.137 e. The predicted octanol–water partition coefficient (Wildman–Crippen LogP) is 8.34. The topological polar surface area (TPSA) is 0 Å². The van der Waals surface area contributed by atoms with Gasteiger partial charge in [-0.15, -0.1) is 0 Å². The predicted molar refractivity (Wildman–Crippen MR) is 118 cm³/mol. The molecule has 156 valence electrons. The fraction of sp³-hybridized carbons (Fsp3) is 0.556. The van der Waals surface area contributed by atoms with Crippen molar-refractivity contribution < 1.29 is 8.78 Å². The van der Waals surface area contributed by atoms with Crippen LogP contribution < -0.4 is 0 Å². The number of halogens is 2. The van der Waals surface area contributed by atoms with Gasteiger partial charge < -0.3 is 0 Å². The number of hydrogen-bond donors (Lipinski definition) is 0. The molecule has 2 aromatic carbocycles. The molecule has 2 aromatic rings. The van der Waals surface area contributed by atoms with Crippen LogP contribution in [0.2, 0.25) is 0 Å². The van der Waals surface area contributed by atoms with Crippen LogP contribution in [0.5, 0.6) is 0 Å². The molecule has 0 aromatic heterocycles. The Balaban J connectivity index is 1.54. The van der Waals surface area contributed by atoms with E-state index >= 15 is 0 Å². The SMILES string of the molecule is CC=CCCc1c(F)cc2cc(C3CCC4CC(CC)CCC4C3)ccc2c1F. The van der Waals surface area contributed by atoms with E-state index in [2.05, 4.69) is 19.1 Å². The molecule has 2 fully saturated rings. The van der Waals surface area contributed by atoms with Gasteiger partial charge in [0, 0.05) is 10.9 Å². The molecule has 0 amide bonds. The van der Waals surface area contributed by atoms with Gasteiger partial charge in [0.15, 0.2) is 0 Å². The average molecular weight is 397 g/mol. The molecule has 4 rings (SSSR count). The summed E-state index contributed by atoms with van der Waals surface area (Å²) in [5, 5.41) is 1.27. The number of benzene rings is 2. The minimum absolute atomic E-state index is 0.219. The molecule has 0 heterocycles. The van der Waals surface area contributed by atoms with Crippen LogP contribution in [-0.4, -0.2) is 0 Å². The van der Waals surface area contributed by atoms with Gasteiger partial charge in [-0.2, -0.15) is 0 Å². The lowest BCUT2D eigenvalue weighted by Crippen LogP contribution is -2.30. The van der Waals surface area contributed by atoms with Crippen molar-refractivity contribution in [1.29, 1.82) is 0 Å². The second-order valence-electron chi connectivity index (χ2n) is 9.36. The fourth-order valence-corrected chi connectivity index (χ4v) is 5.93. The van der Waals surface area contributed by atoms with Gasteiger partial charge in [0.2, 0.25) is 0 Å². The molecule has 0 radical (unpaired) electrons. The van der Waals surface area contributed by atoms with Crippen LogP contribution in [0.1, 0.15) is 82.3 Å². The largest absolute Gasteiger partial charge is 0.207 e. The number of fused-ring (bicyclic) bond motifs is 2. The minimum atomic E-state index is -0.404. The van der Waals surface area contributed by atoms with Gasteiger partial charge in [-0.3, -0.25) is 0 Å². The van der Waals surface area contributed by atoms with Gasteiger partial charge in [-0.1, -0.05) is 50.1 Å². The highest BCUT2D eigenvalue weighted by atomic mass is 19.1. The molecule has 0 spiro atoms. The summed E-state index contributed by atoms with van der Waals surface area (Å²) in [5.74, 6) is 2.44. The molecule has 4 atom stereocenters. The number of hydrogen-bond acceptors (Lipinski definition) is 0. The lowest BCUT2D eigenvalue weighted by atomic mass is 9.63. The molecular weight excluding hydrogens is 362 g/mol. The Bertz CT molecular complexity index is 882. The monoisotopic (exact) mass is 396 g/mol. The molecule has 2 aliphatic carbocycles. The third kappa shape index (κ3) is 4.27. The van der Waals surface area contributed by atoms with Crippen molar-refractivity contribution >= 4 is 10.8 Å². The minimum Gasteiger partial charge on any atom is -0.207 e. The maximum Gasteiger partial charge on any atom is 0.137 e. The first-order chi connectivity index (χ1) is 14.1. The van der Waals surface area contributed by atoms with Crippen LogP contribution >= 0.6 is 0 Å². The quantitative estimate of drug-likeness (QED) is 0.446. The van der Waals surface area contributed by atoms with Crippen molar-refractivity contribution in [2.75, 3.05) is 0 Å². The van der Waals surface area contributed by atoms with E-state index in [0.717, 1.165) is 17.8 Å². The van der Waals surface area contributed by atoms with Crippen molar-refractivity contribution in [3.8, 4) is 0 Å². The van der Waals surface area contributed by atoms with E-state index in [1.165, 1.54) is 50.5 Å². The highest BCUT2D eigenvalue weighted by molar-refractivity contribution is 5.85. The molecule has 2 aliphatic rings. The van der Waals surface area contributed by atoms with Crippen molar-refractivity contribution in [3.63, 3.8) is 0 Å². The third-order valence-electron chi connectivity index (χ3n) is 7.71. The molecule has 2 heteroatoms. The van der Waals surface area contributed by atoms with Crippen molar-refractivity contribution in [3.05, 3.63) is 59.2 Å². The van der Waals surface area contributed by atoms with E-state index in [1.807, 2.05) is 25.1 Å². The third-order valence-corrected chi connectivity index (χ3v) is 7.71. The second-order valence-corrected chi connectivity index (χ2v) is 9.36. The summed E-state index contributed by atoms with van der Waals surface area (Å²) in [6.07, 6.45) is 14.2. The highest BCUT2D eigenvalue weighted by Crippen LogP contribution is 2.48. The van der Waals surface area contributed by atoms with Crippen LogP contribution in [0.3, 0.4) is 0 Å². The maximum atomic E-state index is 15.0. The van der Waals surface area contributed by atoms with E-state index in [1.54, 1.807) is 6.07 Å². The Kier molecular flexibility index (Phi) is 6.37. The first-order valence-electron chi connectivity index (χ1n) is 11.6.